The van der Waals surface area contributed by atoms with Crippen molar-refractivity contribution in [1.82, 2.24) is 0 Å². The van der Waals surface area contributed by atoms with E-state index < -0.39 is 5.60 Å². The molecule has 1 heterocycles. The second kappa shape index (κ2) is 6.06. The molecule has 6 heteroatoms. The fourth-order valence-electron chi connectivity index (χ4n) is 2.95. The fourth-order valence-corrected chi connectivity index (χ4v) is 3.30. The molecule has 1 unspecified atom stereocenters. The van der Waals surface area contributed by atoms with Crippen LogP contribution in [0.1, 0.15) is 40.5 Å². The SMILES string of the molecule is CC1CN(C(=O)OC(C)(C)C)c2cc(Br)ccc2N1C(=O)C1CC1. The number of halogens is 1. The molecule has 2 aliphatic rings. The minimum absolute atomic E-state index is 0.0840. The first-order valence-electron chi connectivity index (χ1n) is 8.30. The van der Waals surface area contributed by atoms with Crippen molar-refractivity contribution in [3.8, 4) is 0 Å². The molecule has 0 N–H and O–H groups in total. The van der Waals surface area contributed by atoms with Gasteiger partial charge < -0.3 is 9.64 Å². The summed E-state index contributed by atoms with van der Waals surface area (Å²) < 4.78 is 6.41. The summed E-state index contributed by atoms with van der Waals surface area (Å²) >= 11 is 3.46. The zero-order chi connectivity index (χ0) is 17.6. The zero-order valence-corrected chi connectivity index (χ0v) is 16.1. The van der Waals surface area contributed by atoms with Crippen molar-refractivity contribution >= 4 is 39.3 Å². The van der Waals surface area contributed by atoms with Gasteiger partial charge >= 0.3 is 6.09 Å². The molecule has 1 atom stereocenters. The average Bonchev–Trinajstić information content (AvgIpc) is 3.29. The number of hydrogen-bond donors (Lipinski definition) is 0. The first-order chi connectivity index (χ1) is 11.2. The summed E-state index contributed by atoms with van der Waals surface area (Å²) in [6.45, 7) is 7.95. The first kappa shape index (κ1) is 17.3. The van der Waals surface area contributed by atoms with Crippen LogP contribution in [0.4, 0.5) is 16.2 Å². The third kappa shape index (κ3) is 3.43. The van der Waals surface area contributed by atoms with Crippen LogP contribution in [0.5, 0.6) is 0 Å². The van der Waals surface area contributed by atoms with Gasteiger partial charge in [-0.3, -0.25) is 9.69 Å². The molecule has 5 nitrogen and oxygen atoms in total. The van der Waals surface area contributed by atoms with Crippen molar-refractivity contribution in [1.29, 1.82) is 0 Å². The topological polar surface area (TPSA) is 49.9 Å². The molecule has 1 fully saturated rings. The quantitative estimate of drug-likeness (QED) is 0.711. The monoisotopic (exact) mass is 394 g/mol. The Hall–Kier alpha value is -1.56. The molecule has 1 aromatic rings. The standard InChI is InChI=1S/C18H23BrN2O3/c1-11-10-20(17(23)24-18(2,3)4)15-9-13(19)7-8-14(15)21(11)16(22)12-5-6-12/h7-9,11-12H,5-6,10H2,1-4H3. The highest BCUT2D eigenvalue weighted by Gasteiger charge is 2.41. The molecule has 0 radical (unpaired) electrons. The van der Waals surface area contributed by atoms with E-state index in [-0.39, 0.29) is 24.0 Å². The van der Waals surface area contributed by atoms with Crippen LogP contribution >= 0.6 is 15.9 Å². The van der Waals surface area contributed by atoms with Gasteiger partial charge in [0.1, 0.15) is 5.60 Å². The highest BCUT2D eigenvalue weighted by molar-refractivity contribution is 9.10. The van der Waals surface area contributed by atoms with Crippen LogP contribution in [-0.4, -0.2) is 30.2 Å². The lowest BCUT2D eigenvalue weighted by Crippen LogP contribution is -2.53. The van der Waals surface area contributed by atoms with Gasteiger partial charge in [0.15, 0.2) is 0 Å². The zero-order valence-electron chi connectivity index (χ0n) is 14.5. The number of anilines is 2. The Morgan fingerprint density at radius 3 is 2.46 bits per heavy atom. The lowest BCUT2D eigenvalue weighted by molar-refractivity contribution is -0.120. The van der Waals surface area contributed by atoms with Gasteiger partial charge in [-0.2, -0.15) is 0 Å². The van der Waals surface area contributed by atoms with Gasteiger partial charge in [0, 0.05) is 16.9 Å². The summed E-state index contributed by atoms with van der Waals surface area (Å²) in [5.41, 5.74) is 0.929. The van der Waals surface area contributed by atoms with E-state index in [9.17, 15) is 9.59 Å². The summed E-state index contributed by atoms with van der Waals surface area (Å²) in [7, 11) is 0. The second-order valence-corrected chi connectivity index (χ2v) is 8.47. The molecule has 0 spiro atoms. The molecule has 3 rings (SSSR count). The summed E-state index contributed by atoms with van der Waals surface area (Å²) in [5, 5.41) is 0. The number of carbonyl (C=O) groups is 2. The third-order valence-corrected chi connectivity index (χ3v) is 4.65. The van der Waals surface area contributed by atoms with Crippen LogP contribution in [0.2, 0.25) is 0 Å². The summed E-state index contributed by atoms with van der Waals surface area (Å²) in [6.07, 6.45) is 1.54. The number of benzene rings is 1. The van der Waals surface area contributed by atoms with Crippen LogP contribution in [0, 0.1) is 5.92 Å². The maximum Gasteiger partial charge on any atom is 0.414 e. The molecule has 1 aliphatic heterocycles. The van der Waals surface area contributed by atoms with E-state index in [1.54, 1.807) is 4.90 Å². The smallest absolute Gasteiger partial charge is 0.414 e. The summed E-state index contributed by atoms with van der Waals surface area (Å²) in [6, 6.07) is 5.59. The highest BCUT2D eigenvalue weighted by Crippen LogP contribution is 2.41. The molecule has 1 aromatic carbocycles. The van der Waals surface area contributed by atoms with Crippen LogP contribution in [-0.2, 0) is 9.53 Å². The molecule has 0 bridgehead atoms. The molecule has 1 saturated carbocycles. The Balaban J connectivity index is 1.98. The van der Waals surface area contributed by atoms with Gasteiger partial charge in [-0.1, -0.05) is 15.9 Å². The molecule has 0 aromatic heterocycles. The van der Waals surface area contributed by atoms with Crippen LogP contribution in [0.25, 0.3) is 0 Å². The first-order valence-corrected chi connectivity index (χ1v) is 9.10. The van der Waals surface area contributed by atoms with Gasteiger partial charge in [-0.05, 0) is 58.7 Å². The predicted molar refractivity (Wildman–Crippen MR) is 97.4 cm³/mol. The van der Waals surface area contributed by atoms with Crippen molar-refractivity contribution in [3.05, 3.63) is 22.7 Å². The van der Waals surface area contributed by atoms with E-state index in [1.807, 2.05) is 50.8 Å². The molecule has 0 saturated heterocycles. The molecule has 130 valence electrons. The largest absolute Gasteiger partial charge is 0.443 e. The Bertz CT molecular complexity index is 679. The fraction of sp³-hybridized carbons (Fsp3) is 0.556. The van der Waals surface area contributed by atoms with Crippen molar-refractivity contribution in [2.45, 2.75) is 52.2 Å². The lowest BCUT2D eigenvalue weighted by Gasteiger charge is -2.41. The average molecular weight is 395 g/mol. The van der Waals surface area contributed by atoms with Gasteiger partial charge in [-0.15, -0.1) is 0 Å². The highest BCUT2D eigenvalue weighted by atomic mass is 79.9. The number of amides is 2. The molecule has 2 amide bonds. The Morgan fingerprint density at radius 2 is 1.88 bits per heavy atom. The number of nitrogens with zero attached hydrogens (tertiary/aromatic N) is 2. The van der Waals surface area contributed by atoms with Crippen molar-refractivity contribution in [3.63, 3.8) is 0 Å². The summed E-state index contributed by atoms with van der Waals surface area (Å²) in [4.78, 5) is 28.8. The Kier molecular flexibility index (Phi) is 4.36. The third-order valence-electron chi connectivity index (χ3n) is 4.15. The Morgan fingerprint density at radius 1 is 1.21 bits per heavy atom. The van der Waals surface area contributed by atoms with Crippen LogP contribution in [0.3, 0.4) is 0 Å². The van der Waals surface area contributed by atoms with Crippen LogP contribution < -0.4 is 9.80 Å². The van der Waals surface area contributed by atoms with Crippen molar-refractivity contribution < 1.29 is 14.3 Å². The minimum atomic E-state index is -0.562. The van der Waals surface area contributed by atoms with Gasteiger partial charge in [0.05, 0.1) is 17.4 Å². The van der Waals surface area contributed by atoms with Gasteiger partial charge in [0.25, 0.3) is 0 Å². The number of fused-ring (bicyclic) bond motifs is 1. The van der Waals surface area contributed by atoms with E-state index in [2.05, 4.69) is 15.9 Å². The second-order valence-electron chi connectivity index (χ2n) is 7.56. The lowest BCUT2D eigenvalue weighted by atomic mass is 10.1. The van der Waals surface area contributed by atoms with E-state index in [0.29, 0.717) is 12.2 Å². The Labute approximate surface area is 151 Å². The van der Waals surface area contributed by atoms with Gasteiger partial charge in [0.2, 0.25) is 5.91 Å². The maximum atomic E-state index is 12.7. The van der Waals surface area contributed by atoms with E-state index in [0.717, 1.165) is 23.0 Å². The molecule has 1 aliphatic carbocycles. The normalized spacial score (nSPS) is 20.6. The van der Waals surface area contributed by atoms with Crippen molar-refractivity contribution in [2.75, 3.05) is 16.3 Å². The minimum Gasteiger partial charge on any atom is -0.443 e. The van der Waals surface area contributed by atoms with E-state index in [1.165, 1.54) is 0 Å². The number of hydrogen-bond acceptors (Lipinski definition) is 3. The number of rotatable bonds is 1. The van der Waals surface area contributed by atoms with Crippen molar-refractivity contribution in [2.24, 2.45) is 5.92 Å². The number of ether oxygens (including phenoxy) is 1. The molecular formula is C18H23BrN2O3. The van der Waals surface area contributed by atoms with Crippen LogP contribution in [0.15, 0.2) is 22.7 Å². The number of carbonyl (C=O) groups excluding carboxylic acids is 2. The van der Waals surface area contributed by atoms with E-state index >= 15 is 0 Å². The molecular weight excluding hydrogens is 372 g/mol. The predicted octanol–water partition coefficient (Wildman–Crippen LogP) is 4.34. The maximum absolute atomic E-state index is 12.7. The molecule has 24 heavy (non-hydrogen) atoms. The van der Waals surface area contributed by atoms with Gasteiger partial charge in [-0.25, -0.2) is 4.79 Å². The summed E-state index contributed by atoms with van der Waals surface area (Å²) in [5.74, 6) is 0.298. The van der Waals surface area contributed by atoms with E-state index in [4.69, 9.17) is 4.74 Å².